The van der Waals surface area contributed by atoms with Gasteiger partial charge in [-0.3, -0.25) is 4.99 Å². The number of aliphatic imine (C=N–C) groups is 1. The summed E-state index contributed by atoms with van der Waals surface area (Å²) in [7, 11) is 0. The molecule has 1 aliphatic heterocycles. The summed E-state index contributed by atoms with van der Waals surface area (Å²) in [5, 5.41) is 0. The summed E-state index contributed by atoms with van der Waals surface area (Å²) in [6.07, 6.45) is 0.741. The first-order valence-corrected chi connectivity index (χ1v) is 10.4. The van der Waals surface area contributed by atoms with E-state index in [9.17, 15) is 4.39 Å². The van der Waals surface area contributed by atoms with E-state index in [0.29, 0.717) is 12.4 Å². The fourth-order valence-electron chi connectivity index (χ4n) is 3.75. The fourth-order valence-corrected chi connectivity index (χ4v) is 3.75. The van der Waals surface area contributed by atoms with Gasteiger partial charge in [-0.1, -0.05) is 30.3 Å². The SMILES string of the molecule is Cl.NC(=NCCc1ccc(F)cc1)c1ccc(N2CCN(c3ccccc3)CC2)cc1. The molecule has 0 aliphatic carbocycles. The molecular formula is C25H28ClFN4. The summed E-state index contributed by atoms with van der Waals surface area (Å²) < 4.78 is 13.0. The number of para-hydroxylation sites is 1. The normalized spacial score (nSPS) is 14.3. The molecule has 1 fully saturated rings. The van der Waals surface area contributed by atoms with Crippen LogP contribution in [-0.2, 0) is 6.42 Å². The van der Waals surface area contributed by atoms with E-state index < -0.39 is 0 Å². The van der Waals surface area contributed by atoms with E-state index >= 15 is 0 Å². The van der Waals surface area contributed by atoms with E-state index in [2.05, 4.69) is 57.3 Å². The van der Waals surface area contributed by atoms with Crippen LogP contribution in [-0.4, -0.2) is 38.6 Å². The molecule has 4 nitrogen and oxygen atoms in total. The van der Waals surface area contributed by atoms with Gasteiger partial charge in [0.15, 0.2) is 0 Å². The van der Waals surface area contributed by atoms with Crippen LogP contribution in [0.25, 0.3) is 0 Å². The standard InChI is InChI=1S/C25H27FN4.ClH/c26-22-10-6-20(7-11-22)14-15-28-25(27)21-8-12-24(13-9-21)30-18-16-29(17-19-30)23-4-2-1-3-5-23;/h1-13H,14-19H2,(H2,27,28);1H. The molecule has 0 aromatic heterocycles. The molecule has 1 saturated heterocycles. The minimum Gasteiger partial charge on any atom is -0.384 e. The highest BCUT2D eigenvalue weighted by atomic mass is 35.5. The molecule has 162 valence electrons. The second kappa shape index (κ2) is 10.8. The first kappa shape index (κ1) is 22.6. The number of hydrogen-bond donors (Lipinski definition) is 1. The monoisotopic (exact) mass is 438 g/mol. The van der Waals surface area contributed by atoms with Gasteiger partial charge in [0.05, 0.1) is 0 Å². The Balaban J connectivity index is 0.00000272. The molecule has 1 aliphatic rings. The maximum absolute atomic E-state index is 13.0. The Morgan fingerprint density at radius 3 is 1.90 bits per heavy atom. The number of amidine groups is 1. The topological polar surface area (TPSA) is 44.9 Å². The second-order valence-electron chi connectivity index (χ2n) is 7.50. The number of hydrogen-bond acceptors (Lipinski definition) is 3. The molecule has 0 spiro atoms. The van der Waals surface area contributed by atoms with Crippen LogP contribution >= 0.6 is 12.4 Å². The summed E-state index contributed by atoms with van der Waals surface area (Å²) in [6.45, 7) is 4.60. The Morgan fingerprint density at radius 2 is 1.32 bits per heavy atom. The molecule has 4 rings (SSSR count). The summed E-state index contributed by atoms with van der Waals surface area (Å²) in [6, 6.07) is 25.4. The molecule has 0 amide bonds. The number of nitrogens with zero attached hydrogens (tertiary/aromatic N) is 3. The third-order valence-electron chi connectivity index (χ3n) is 5.53. The Hall–Kier alpha value is -3.05. The lowest BCUT2D eigenvalue weighted by Crippen LogP contribution is -2.46. The van der Waals surface area contributed by atoms with Gasteiger partial charge in [-0.2, -0.15) is 0 Å². The van der Waals surface area contributed by atoms with Crippen molar-refractivity contribution in [1.82, 2.24) is 0 Å². The van der Waals surface area contributed by atoms with Crippen LogP contribution in [0.3, 0.4) is 0 Å². The smallest absolute Gasteiger partial charge is 0.125 e. The first-order chi connectivity index (χ1) is 14.7. The third-order valence-corrected chi connectivity index (χ3v) is 5.53. The highest BCUT2D eigenvalue weighted by Gasteiger charge is 2.17. The van der Waals surface area contributed by atoms with Crippen LogP contribution in [0.1, 0.15) is 11.1 Å². The molecule has 0 saturated carbocycles. The Morgan fingerprint density at radius 1 is 0.774 bits per heavy atom. The van der Waals surface area contributed by atoms with Gasteiger partial charge < -0.3 is 15.5 Å². The highest BCUT2D eigenvalue weighted by molar-refractivity contribution is 5.97. The van der Waals surface area contributed by atoms with Gasteiger partial charge in [-0.25, -0.2) is 4.39 Å². The van der Waals surface area contributed by atoms with Crippen LogP contribution in [0.5, 0.6) is 0 Å². The lowest BCUT2D eigenvalue weighted by Gasteiger charge is -2.37. The second-order valence-corrected chi connectivity index (χ2v) is 7.50. The summed E-state index contributed by atoms with van der Waals surface area (Å²) in [5.41, 5.74) is 10.7. The number of rotatable bonds is 6. The number of halogens is 2. The molecule has 0 bridgehead atoms. The van der Waals surface area contributed by atoms with Gasteiger partial charge in [-0.05, 0) is 60.5 Å². The zero-order valence-corrected chi connectivity index (χ0v) is 18.3. The minimum atomic E-state index is -0.219. The number of benzene rings is 3. The van der Waals surface area contributed by atoms with Crippen molar-refractivity contribution in [1.29, 1.82) is 0 Å². The Bertz CT molecular complexity index is 967. The fraction of sp³-hybridized carbons (Fsp3) is 0.240. The van der Waals surface area contributed by atoms with Crippen molar-refractivity contribution in [2.75, 3.05) is 42.5 Å². The van der Waals surface area contributed by atoms with E-state index in [-0.39, 0.29) is 18.2 Å². The first-order valence-electron chi connectivity index (χ1n) is 10.4. The molecule has 0 atom stereocenters. The van der Waals surface area contributed by atoms with Crippen molar-refractivity contribution in [3.05, 3.63) is 95.8 Å². The van der Waals surface area contributed by atoms with Crippen molar-refractivity contribution in [3.8, 4) is 0 Å². The van der Waals surface area contributed by atoms with E-state index in [4.69, 9.17) is 5.73 Å². The molecule has 3 aromatic rings. The van der Waals surface area contributed by atoms with E-state index in [1.54, 1.807) is 12.1 Å². The van der Waals surface area contributed by atoms with Crippen LogP contribution in [0, 0.1) is 5.82 Å². The lowest BCUT2D eigenvalue weighted by molar-refractivity contribution is 0.627. The molecule has 2 N–H and O–H groups in total. The average Bonchev–Trinajstić information content (AvgIpc) is 2.81. The molecule has 0 unspecified atom stereocenters. The number of piperazine rings is 1. The molecule has 6 heteroatoms. The van der Waals surface area contributed by atoms with Crippen molar-refractivity contribution in [2.45, 2.75) is 6.42 Å². The Labute approximate surface area is 189 Å². The van der Waals surface area contributed by atoms with Crippen LogP contribution < -0.4 is 15.5 Å². The van der Waals surface area contributed by atoms with Crippen molar-refractivity contribution >= 4 is 29.6 Å². The lowest BCUT2D eigenvalue weighted by atomic mass is 10.1. The summed E-state index contributed by atoms with van der Waals surface area (Å²) >= 11 is 0. The van der Waals surface area contributed by atoms with Gasteiger partial charge in [-0.15, -0.1) is 12.4 Å². The quantitative estimate of drug-likeness (QED) is 0.454. The third kappa shape index (κ3) is 5.98. The molecular weight excluding hydrogens is 411 g/mol. The Kier molecular flexibility index (Phi) is 7.90. The average molecular weight is 439 g/mol. The largest absolute Gasteiger partial charge is 0.384 e. The summed E-state index contributed by atoms with van der Waals surface area (Å²) in [4.78, 5) is 9.31. The predicted octanol–water partition coefficient (Wildman–Crippen LogP) is 4.52. The number of anilines is 2. The van der Waals surface area contributed by atoms with Crippen LogP contribution in [0.15, 0.2) is 83.9 Å². The molecule has 1 heterocycles. The van der Waals surface area contributed by atoms with E-state index in [1.807, 2.05) is 12.1 Å². The van der Waals surface area contributed by atoms with Gasteiger partial charge in [0.25, 0.3) is 0 Å². The zero-order chi connectivity index (χ0) is 20.8. The van der Waals surface area contributed by atoms with Crippen LogP contribution in [0.4, 0.5) is 15.8 Å². The predicted molar refractivity (Wildman–Crippen MR) is 130 cm³/mol. The maximum Gasteiger partial charge on any atom is 0.125 e. The van der Waals surface area contributed by atoms with Crippen molar-refractivity contribution < 1.29 is 4.39 Å². The van der Waals surface area contributed by atoms with Crippen molar-refractivity contribution in [2.24, 2.45) is 10.7 Å². The van der Waals surface area contributed by atoms with Gasteiger partial charge in [0.1, 0.15) is 11.7 Å². The van der Waals surface area contributed by atoms with Crippen molar-refractivity contribution in [3.63, 3.8) is 0 Å². The number of nitrogens with two attached hydrogens (primary N) is 1. The van der Waals surface area contributed by atoms with E-state index in [0.717, 1.165) is 43.7 Å². The zero-order valence-electron chi connectivity index (χ0n) is 17.5. The van der Waals surface area contributed by atoms with Gasteiger partial charge >= 0.3 is 0 Å². The molecule has 31 heavy (non-hydrogen) atoms. The van der Waals surface area contributed by atoms with Crippen LogP contribution in [0.2, 0.25) is 0 Å². The van der Waals surface area contributed by atoms with E-state index in [1.165, 1.54) is 23.5 Å². The minimum absolute atomic E-state index is 0. The molecule has 3 aromatic carbocycles. The maximum atomic E-state index is 13.0. The summed E-state index contributed by atoms with van der Waals surface area (Å²) in [5.74, 6) is 0.320. The molecule has 0 radical (unpaired) electrons. The van der Waals surface area contributed by atoms with Gasteiger partial charge in [0.2, 0.25) is 0 Å². The van der Waals surface area contributed by atoms with Gasteiger partial charge in [0, 0.05) is 49.7 Å². The highest BCUT2D eigenvalue weighted by Crippen LogP contribution is 2.21.